The van der Waals surface area contributed by atoms with Crippen molar-refractivity contribution < 1.29 is 18.0 Å². The summed E-state index contributed by atoms with van der Waals surface area (Å²) in [7, 11) is -3.66. The summed E-state index contributed by atoms with van der Waals surface area (Å²) in [6, 6.07) is 19.5. The maximum absolute atomic E-state index is 13.0. The number of piperidine rings is 1. The minimum atomic E-state index is -3.66. The first-order chi connectivity index (χ1) is 16.3. The molecule has 0 bridgehead atoms. The predicted octanol–water partition coefficient (Wildman–Crippen LogP) is 5.26. The molecule has 0 spiro atoms. The fourth-order valence-electron chi connectivity index (χ4n) is 3.91. The molecule has 1 heterocycles. The van der Waals surface area contributed by atoms with Gasteiger partial charge in [0.2, 0.25) is 15.9 Å². The lowest BCUT2D eigenvalue weighted by Crippen LogP contribution is -2.41. The molecule has 0 aromatic heterocycles. The highest BCUT2D eigenvalue weighted by molar-refractivity contribution is 7.89. The van der Waals surface area contributed by atoms with Crippen LogP contribution in [0.3, 0.4) is 0 Å². The molecule has 3 aromatic carbocycles. The van der Waals surface area contributed by atoms with Crippen LogP contribution in [0.1, 0.15) is 28.8 Å². The average Bonchev–Trinajstić information content (AvgIpc) is 2.85. The molecule has 4 rings (SSSR count). The number of hydrogen-bond donors (Lipinski definition) is 1. The Hall–Kier alpha value is -2.71. The van der Waals surface area contributed by atoms with Gasteiger partial charge in [-0.15, -0.1) is 0 Å². The minimum Gasteiger partial charge on any atom is -0.325 e. The number of carbonyl (C=O) groups is 2. The fraction of sp³-hybridized carbons (Fsp3) is 0.200. The summed E-state index contributed by atoms with van der Waals surface area (Å²) in [4.78, 5) is 26.2. The van der Waals surface area contributed by atoms with E-state index in [1.807, 2.05) is 6.07 Å². The number of rotatable bonds is 6. The number of nitrogens with one attached hydrogen (secondary N) is 1. The van der Waals surface area contributed by atoms with Crippen LogP contribution >= 0.6 is 23.2 Å². The molecule has 0 unspecified atom stereocenters. The quantitative estimate of drug-likeness (QED) is 0.452. The largest absolute Gasteiger partial charge is 0.325 e. The van der Waals surface area contributed by atoms with Gasteiger partial charge >= 0.3 is 0 Å². The van der Waals surface area contributed by atoms with E-state index >= 15 is 0 Å². The maximum Gasteiger partial charge on any atom is 0.243 e. The van der Waals surface area contributed by atoms with Crippen molar-refractivity contribution in [3.8, 4) is 0 Å². The van der Waals surface area contributed by atoms with E-state index in [1.165, 1.54) is 34.6 Å². The summed E-state index contributed by atoms with van der Waals surface area (Å²) in [6.07, 6.45) is 0.739. The lowest BCUT2D eigenvalue weighted by Gasteiger charge is -2.30. The van der Waals surface area contributed by atoms with Gasteiger partial charge in [-0.1, -0.05) is 53.5 Å². The molecule has 9 heteroatoms. The van der Waals surface area contributed by atoms with Crippen LogP contribution in [0.4, 0.5) is 5.69 Å². The van der Waals surface area contributed by atoms with Gasteiger partial charge in [0.1, 0.15) is 0 Å². The van der Waals surface area contributed by atoms with E-state index in [4.69, 9.17) is 23.2 Å². The zero-order valence-corrected chi connectivity index (χ0v) is 20.4. The summed E-state index contributed by atoms with van der Waals surface area (Å²) in [6.45, 7) is 0.443. The lowest BCUT2D eigenvalue weighted by molar-refractivity contribution is -0.120. The second kappa shape index (κ2) is 10.3. The summed E-state index contributed by atoms with van der Waals surface area (Å²) in [5.74, 6) is -0.887. The second-order valence-electron chi connectivity index (χ2n) is 8.01. The number of sulfonamides is 1. The standard InChI is InChI=1S/C25H22Cl2N2O4S/c26-19-6-9-21(10-7-19)34(32,33)29-14-12-18(13-15-29)25(31)28-23-11-8-20(27)16-22(23)24(30)17-4-2-1-3-5-17/h1-11,16,18H,12-15H2,(H,28,31). The minimum absolute atomic E-state index is 0.171. The second-order valence-corrected chi connectivity index (χ2v) is 10.8. The van der Waals surface area contributed by atoms with E-state index in [1.54, 1.807) is 36.4 Å². The number of nitrogens with zero attached hydrogens (tertiary/aromatic N) is 1. The summed E-state index contributed by atoms with van der Waals surface area (Å²) in [5, 5.41) is 3.70. The van der Waals surface area contributed by atoms with E-state index in [-0.39, 0.29) is 35.6 Å². The monoisotopic (exact) mass is 516 g/mol. The molecule has 1 aliphatic rings. The highest BCUT2D eigenvalue weighted by atomic mass is 35.5. The van der Waals surface area contributed by atoms with Gasteiger partial charge in [-0.3, -0.25) is 9.59 Å². The number of anilines is 1. The highest BCUT2D eigenvalue weighted by Crippen LogP contribution is 2.28. The Labute approximate surface area is 208 Å². The van der Waals surface area contributed by atoms with Crippen LogP contribution in [-0.2, 0) is 14.8 Å². The predicted molar refractivity (Wildman–Crippen MR) is 133 cm³/mol. The Morgan fingerprint density at radius 1 is 0.853 bits per heavy atom. The van der Waals surface area contributed by atoms with Crippen LogP contribution in [0.5, 0.6) is 0 Å². The Morgan fingerprint density at radius 3 is 2.12 bits per heavy atom. The molecule has 6 nitrogen and oxygen atoms in total. The summed E-state index contributed by atoms with van der Waals surface area (Å²) < 4.78 is 27.2. The Morgan fingerprint density at radius 2 is 1.47 bits per heavy atom. The average molecular weight is 517 g/mol. The zero-order valence-electron chi connectivity index (χ0n) is 18.1. The van der Waals surface area contributed by atoms with E-state index in [9.17, 15) is 18.0 Å². The number of halogens is 2. The van der Waals surface area contributed by atoms with Crippen LogP contribution < -0.4 is 5.32 Å². The third-order valence-electron chi connectivity index (χ3n) is 5.80. The molecule has 1 amide bonds. The first kappa shape index (κ1) is 24.4. The van der Waals surface area contributed by atoms with Gasteiger partial charge < -0.3 is 5.32 Å². The van der Waals surface area contributed by atoms with Gasteiger partial charge in [0.25, 0.3) is 0 Å². The highest BCUT2D eigenvalue weighted by Gasteiger charge is 2.32. The molecule has 1 aliphatic heterocycles. The topological polar surface area (TPSA) is 83.6 Å². The lowest BCUT2D eigenvalue weighted by atomic mass is 9.96. The molecule has 0 atom stereocenters. The third-order valence-corrected chi connectivity index (χ3v) is 8.20. The molecule has 1 saturated heterocycles. The Balaban J connectivity index is 1.45. The Bertz CT molecular complexity index is 1300. The molecular weight excluding hydrogens is 495 g/mol. The van der Waals surface area contributed by atoms with Crippen molar-refractivity contribution in [1.29, 1.82) is 0 Å². The van der Waals surface area contributed by atoms with E-state index in [0.717, 1.165) is 0 Å². The number of benzene rings is 3. The van der Waals surface area contributed by atoms with Gasteiger partial charge in [0.05, 0.1) is 10.6 Å². The molecule has 176 valence electrons. The molecule has 3 aromatic rings. The van der Waals surface area contributed by atoms with Gasteiger partial charge in [-0.25, -0.2) is 8.42 Å². The fourth-order valence-corrected chi connectivity index (χ4v) is 5.67. The van der Waals surface area contributed by atoms with Crippen molar-refractivity contribution in [1.82, 2.24) is 4.31 Å². The van der Waals surface area contributed by atoms with Crippen LogP contribution in [0.25, 0.3) is 0 Å². The molecule has 0 saturated carbocycles. The van der Waals surface area contributed by atoms with Crippen LogP contribution in [0, 0.1) is 5.92 Å². The summed E-state index contributed by atoms with van der Waals surface area (Å²) in [5.41, 5.74) is 1.16. The van der Waals surface area contributed by atoms with Crippen molar-refractivity contribution >= 4 is 50.6 Å². The van der Waals surface area contributed by atoms with E-state index in [0.29, 0.717) is 39.7 Å². The van der Waals surface area contributed by atoms with E-state index in [2.05, 4.69) is 5.32 Å². The molecule has 34 heavy (non-hydrogen) atoms. The van der Waals surface area contributed by atoms with Crippen molar-refractivity contribution in [2.24, 2.45) is 5.92 Å². The van der Waals surface area contributed by atoms with Crippen LogP contribution in [0.15, 0.2) is 77.7 Å². The van der Waals surface area contributed by atoms with Gasteiger partial charge in [-0.2, -0.15) is 4.31 Å². The zero-order chi connectivity index (χ0) is 24.3. The van der Waals surface area contributed by atoms with Crippen molar-refractivity contribution in [2.75, 3.05) is 18.4 Å². The Kier molecular flexibility index (Phi) is 7.38. The van der Waals surface area contributed by atoms with Crippen molar-refractivity contribution in [3.05, 3.63) is 94.0 Å². The number of carbonyl (C=O) groups excluding carboxylic acids is 2. The van der Waals surface area contributed by atoms with Crippen molar-refractivity contribution in [3.63, 3.8) is 0 Å². The van der Waals surface area contributed by atoms with Gasteiger partial charge in [-0.05, 0) is 55.3 Å². The number of amides is 1. The normalized spacial score (nSPS) is 15.1. The number of ketones is 1. The van der Waals surface area contributed by atoms with E-state index < -0.39 is 10.0 Å². The molecule has 1 N–H and O–H groups in total. The SMILES string of the molecule is O=C(c1ccccc1)c1cc(Cl)ccc1NC(=O)C1CCN(S(=O)(=O)c2ccc(Cl)cc2)CC1. The first-order valence-corrected chi connectivity index (χ1v) is 12.9. The van der Waals surface area contributed by atoms with Gasteiger partial charge in [0, 0.05) is 40.2 Å². The van der Waals surface area contributed by atoms with Crippen molar-refractivity contribution in [2.45, 2.75) is 17.7 Å². The maximum atomic E-state index is 13.0. The third kappa shape index (κ3) is 5.33. The number of hydrogen-bond acceptors (Lipinski definition) is 4. The molecular formula is C25H22Cl2N2O4S. The molecule has 0 aliphatic carbocycles. The van der Waals surface area contributed by atoms with Crippen LogP contribution in [0.2, 0.25) is 10.0 Å². The molecule has 0 radical (unpaired) electrons. The van der Waals surface area contributed by atoms with Gasteiger partial charge in [0.15, 0.2) is 5.78 Å². The molecule has 1 fully saturated rings. The summed E-state index contributed by atoms with van der Waals surface area (Å²) >= 11 is 12.0. The van der Waals surface area contributed by atoms with Crippen LogP contribution in [-0.4, -0.2) is 37.5 Å². The first-order valence-electron chi connectivity index (χ1n) is 10.7. The smallest absolute Gasteiger partial charge is 0.243 e.